The molecular formula is C25H28N6O2. The summed E-state index contributed by atoms with van der Waals surface area (Å²) in [5.41, 5.74) is 3.99. The number of hydrogen-bond acceptors (Lipinski definition) is 6. The monoisotopic (exact) mass is 444 g/mol. The second-order valence-corrected chi connectivity index (χ2v) is 8.37. The van der Waals surface area contributed by atoms with Gasteiger partial charge in [0, 0.05) is 63.0 Å². The van der Waals surface area contributed by atoms with E-state index in [0.29, 0.717) is 23.7 Å². The summed E-state index contributed by atoms with van der Waals surface area (Å²) in [5, 5.41) is 2.74. The van der Waals surface area contributed by atoms with Crippen molar-refractivity contribution >= 4 is 23.5 Å². The number of nitrogens with zero attached hydrogens (tertiary/aromatic N) is 5. The number of piperidine rings is 1. The molecule has 0 spiro atoms. The van der Waals surface area contributed by atoms with E-state index < -0.39 is 0 Å². The molecular weight excluding hydrogens is 416 g/mol. The molecule has 2 aromatic heterocycles. The lowest BCUT2D eigenvalue weighted by atomic mass is 9.93. The predicted octanol–water partition coefficient (Wildman–Crippen LogP) is 3.93. The van der Waals surface area contributed by atoms with E-state index in [1.165, 1.54) is 6.92 Å². The first-order chi connectivity index (χ1) is 15.9. The molecule has 0 saturated carbocycles. The molecule has 1 aromatic carbocycles. The highest BCUT2D eigenvalue weighted by molar-refractivity contribution is 5.96. The topological polar surface area (TPSA) is 91.3 Å². The maximum absolute atomic E-state index is 13.6. The summed E-state index contributed by atoms with van der Waals surface area (Å²) >= 11 is 0. The van der Waals surface area contributed by atoms with E-state index >= 15 is 0 Å². The molecule has 1 atom stereocenters. The van der Waals surface area contributed by atoms with Crippen molar-refractivity contribution in [2.24, 2.45) is 0 Å². The molecule has 8 heteroatoms. The van der Waals surface area contributed by atoms with Crippen molar-refractivity contribution in [3.63, 3.8) is 0 Å². The molecule has 3 aromatic rings. The molecule has 170 valence electrons. The maximum Gasteiger partial charge on any atom is 0.254 e. The Kier molecular flexibility index (Phi) is 6.63. The number of carbonyl (C=O) groups is 2. The van der Waals surface area contributed by atoms with Crippen molar-refractivity contribution in [1.29, 1.82) is 0 Å². The lowest BCUT2D eigenvalue weighted by molar-refractivity contribution is -0.114. The van der Waals surface area contributed by atoms with Gasteiger partial charge in [0.05, 0.1) is 11.7 Å². The van der Waals surface area contributed by atoms with Gasteiger partial charge in [-0.15, -0.1) is 0 Å². The average Bonchev–Trinajstić information content (AvgIpc) is 2.84. The Bertz CT molecular complexity index is 1130. The molecule has 1 fully saturated rings. The largest absolute Gasteiger partial charge is 0.347 e. The molecule has 1 saturated heterocycles. The Morgan fingerprint density at radius 1 is 1.06 bits per heavy atom. The van der Waals surface area contributed by atoms with Gasteiger partial charge in [0.2, 0.25) is 11.9 Å². The van der Waals surface area contributed by atoms with Crippen LogP contribution in [0.25, 0.3) is 11.1 Å². The minimum Gasteiger partial charge on any atom is -0.347 e. The lowest BCUT2D eigenvalue weighted by Crippen LogP contribution is -2.39. The smallest absolute Gasteiger partial charge is 0.254 e. The van der Waals surface area contributed by atoms with Gasteiger partial charge in [0.1, 0.15) is 0 Å². The summed E-state index contributed by atoms with van der Waals surface area (Å²) in [6.45, 7) is 2.12. The third-order valence-corrected chi connectivity index (χ3v) is 5.73. The van der Waals surface area contributed by atoms with Gasteiger partial charge in [-0.1, -0.05) is 0 Å². The molecule has 3 heterocycles. The summed E-state index contributed by atoms with van der Waals surface area (Å²) in [5.74, 6) is 0.425. The summed E-state index contributed by atoms with van der Waals surface area (Å²) in [7, 11) is 3.82. The Hall–Kier alpha value is -3.81. The molecule has 1 unspecified atom stereocenters. The van der Waals surface area contributed by atoms with Crippen LogP contribution in [0.1, 0.15) is 48.3 Å². The number of likely N-dealkylation sites (tertiary alicyclic amines) is 1. The molecule has 0 radical (unpaired) electrons. The van der Waals surface area contributed by atoms with Crippen molar-refractivity contribution in [2.75, 3.05) is 30.9 Å². The fraction of sp³-hybridized carbons (Fsp3) is 0.320. The Morgan fingerprint density at radius 3 is 2.45 bits per heavy atom. The molecule has 1 aliphatic rings. The fourth-order valence-corrected chi connectivity index (χ4v) is 4.13. The first kappa shape index (κ1) is 22.4. The minimum absolute atomic E-state index is 0.0419. The fourth-order valence-electron chi connectivity index (χ4n) is 4.13. The van der Waals surface area contributed by atoms with Crippen molar-refractivity contribution in [3.8, 4) is 11.1 Å². The van der Waals surface area contributed by atoms with Crippen LogP contribution in [0.3, 0.4) is 0 Å². The highest BCUT2D eigenvalue weighted by Gasteiger charge is 2.32. The van der Waals surface area contributed by atoms with Gasteiger partial charge in [0.25, 0.3) is 5.91 Å². The molecule has 1 N–H and O–H groups in total. The van der Waals surface area contributed by atoms with Crippen LogP contribution in [0.2, 0.25) is 0 Å². The zero-order chi connectivity index (χ0) is 23.4. The highest BCUT2D eigenvalue weighted by Crippen LogP contribution is 2.37. The number of nitrogens with one attached hydrogen (secondary N) is 1. The van der Waals surface area contributed by atoms with E-state index in [0.717, 1.165) is 36.1 Å². The number of anilines is 2. The lowest BCUT2D eigenvalue weighted by Gasteiger charge is -2.36. The quantitative estimate of drug-likeness (QED) is 0.641. The van der Waals surface area contributed by atoms with Crippen LogP contribution < -0.4 is 10.2 Å². The highest BCUT2D eigenvalue weighted by atomic mass is 16.2. The van der Waals surface area contributed by atoms with Crippen LogP contribution in [0, 0.1) is 0 Å². The van der Waals surface area contributed by atoms with Crippen molar-refractivity contribution < 1.29 is 9.59 Å². The van der Waals surface area contributed by atoms with Gasteiger partial charge in [-0.3, -0.25) is 14.6 Å². The van der Waals surface area contributed by atoms with Crippen LogP contribution in [-0.2, 0) is 4.79 Å². The van der Waals surface area contributed by atoms with Gasteiger partial charge in [-0.25, -0.2) is 9.97 Å². The Morgan fingerprint density at radius 2 is 1.79 bits per heavy atom. The number of aromatic nitrogens is 3. The van der Waals surface area contributed by atoms with E-state index in [1.54, 1.807) is 36.7 Å². The average molecular weight is 445 g/mol. The number of amides is 2. The van der Waals surface area contributed by atoms with E-state index in [4.69, 9.17) is 4.98 Å². The normalized spacial score (nSPS) is 15.7. The summed E-state index contributed by atoms with van der Waals surface area (Å²) in [6.07, 6.45) is 8.14. The Labute approximate surface area is 193 Å². The molecule has 0 bridgehead atoms. The van der Waals surface area contributed by atoms with Gasteiger partial charge >= 0.3 is 0 Å². The standard InChI is InChI=1S/C25H28N6O2/c1-17(32)28-20-9-7-19(8-10-20)24(33)31-15-5-4-6-22(31)23-21(18-11-13-26-14-12-18)16-27-25(29-23)30(2)3/h7-14,16,22H,4-6,15H2,1-3H3,(H,28,32). The van der Waals surface area contributed by atoms with Crippen LogP contribution in [0.4, 0.5) is 11.6 Å². The van der Waals surface area contributed by atoms with Crippen molar-refractivity contribution in [2.45, 2.75) is 32.2 Å². The molecule has 8 nitrogen and oxygen atoms in total. The summed E-state index contributed by atoms with van der Waals surface area (Å²) in [6, 6.07) is 10.7. The van der Waals surface area contributed by atoms with Crippen LogP contribution in [0.15, 0.2) is 55.0 Å². The van der Waals surface area contributed by atoms with Gasteiger partial charge in [-0.2, -0.15) is 0 Å². The molecule has 33 heavy (non-hydrogen) atoms. The number of rotatable bonds is 5. The molecule has 1 aliphatic heterocycles. The SMILES string of the molecule is CC(=O)Nc1ccc(C(=O)N2CCCCC2c2nc(N(C)C)ncc2-c2ccncc2)cc1. The van der Waals surface area contributed by atoms with Crippen LogP contribution in [-0.4, -0.2) is 52.3 Å². The van der Waals surface area contributed by atoms with E-state index in [-0.39, 0.29) is 17.9 Å². The first-order valence-electron chi connectivity index (χ1n) is 11.1. The number of hydrogen-bond donors (Lipinski definition) is 1. The van der Waals surface area contributed by atoms with Crippen molar-refractivity contribution in [3.05, 3.63) is 66.2 Å². The second-order valence-electron chi connectivity index (χ2n) is 8.37. The number of pyridine rings is 1. The van der Waals surface area contributed by atoms with Gasteiger partial charge in [-0.05, 0) is 61.2 Å². The number of benzene rings is 1. The van der Waals surface area contributed by atoms with E-state index in [1.807, 2.05) is 42.2 Å². The second kappa shape index (κ2) is 9.77. The molecule has 2 amide bonds. The van der Waals surface area contributed by atoms with E-state index in [9.17, 15) is 9.59 Å². The zero-order valence-electron chi connectivity index (χ0n) is 19.2. The van der Waals surface area contributed by atoms with Gasteiger partial charge in [0.15, 0.2) is 0 Å². The van der Waals surface area contributed by atoms with Crippen LogP contribution in [0.5, 0.6) is 0 Å². The summed E-state index contributed by atoms with van der Waals surface area (Å²) in [4.78, 5) is 42.2. The molecule has 4 rings (SSSR count). The minimum atomic E-state index is -0.161. The predicted molar refractivity (Wildman–Crippen MR) is 128 cm³/mol. The number of carbonyl (C=O) groups excluding carboxylic acids is 2. The molecule has 0 aliphatic carbocycles. The zero-order valence-corrected chi connectivity index (χ0v) is 19.2. The van der Waals surface area contributed by atoms with E-state index in [2.05, 4.69) is 15.3 Å². The van der Waals surface area contributed by atoms with Crippen LogP contribution >= 0.6 is 0 Å². The summed E-state index contributed by atoms with van der Waals surface area (Å²) < 4.78 is 0. The Balaban J connectivity index is 1.71. The first-order valence-corrected chi connectivity index (χ1v) is 11.1. The maximum atomic E-state index is 13.6. The third-order valence-electron chi connectivity index (χ3n) is 5.73. The van der Waals surface area contributed by atoms with Gasteiger partial charge < -0.3 is 15.1 Å². The third kappa shape index (κ3) is 5.00. The van der Waals surface area contributed by atoms with Crippen molar-refractivity contribution in [1.82, 2.24) is 19.9 Å².